The molecule has 3 rings (SSSR count). The van der Waals surface area contributed by atoms with Crippen LogP contribution in [0, 0.1) is 17.1 Å². The second-order valence-corrected chi connectivity index (χ2v) is 6.47. The number of benzene rings is 2. The zero-order valence-electron chi connectivity index (χ0n) is 17.1. The van der Waals surface area contributed by atoms with E-state index < -0.39 is 11.9 Å². The van der Waals surface area contributed by atoms with Crippen LogP contribution in [0.1, 0.15) is 28.8 Å². The van der Waals surface area contributed by atoms with Crippen molar-refractivity contribution in [1.29, 1.82) is 5.26 Å². The molecule has 8 heteroatoms. The number of rotatable bonds is 8. The van der Waals surface area contributed by atoms with Gasteiger partial charge >= 0.3 is 5.97 Å². The molecule has 0 unspecified atom stereocenters. The normalized spacial score (nSPS) is 10.8. The van der Waals surface area contributed by atoms with Gasteiger partial charge in [0.25, 0.3) is 5.91 Å². The van der Waals surface area contributed by atoms with Gasteiger partial charge in [-0.1, -0.05) is 12.1 Å². The number of amides is 1. The van der Waals surface area contributed by atoms with Gasteiger partial charge in [0.1, 0.15) is 35.6 Å². The minimum Gasteiger partial charge on any atom is -0.486 e. The van der Waals surface area contributed by atoms with Crippen LogP contribution in [0.4, 0.5) is 10.1 Å². The van der Waals surface area contributed by atoms with Crippen molar-refractivity contribution in [2.45, 2.75) is 13.5 Å². The molecule has 0 fully saturated rings. The average molecular weight is 434 g/mol. The molecule has 0 aliphatic heterocycles. The topological polar surface area (TPSA) is 102 Å². The van der Waals surface area contributed by atoms with Gasteiger partial charge in [-0.15, -0.1) is 0 Å². The molecule has 2 aromatic carbocycles. The Balaban J connectivity index is 1.58. The Labute approximate surface area is 183 Å². The molecule has 32 heavy (non-hydrogen) atoms. The summed E-state index contributed by atoms with van der Waals surface area (Å²) >= 11 is 0. The first kappa shape index (κ1) is 22.3. The third kappa shape index (κ3) is 6.06. The molecule has 1 heterocycles. The summed E-state index contributed by atoms with van der Waals surface area (Å²) in [7, 11) is 0. The lowest BCUT2D eigenvalue weighted by Gasteiger charge is -2.05. The van der Waals surface area contributed by atoms with Crippen LogP contribution in [0.2, 0.25) is 0 Å². The fourth-order valence-corrected chi connectivity index (χ4v) is 2.63. The van der Waals surface area contributed by atoms with Crippen molar-refractivity contribution in [3.05, 3.63) is 89.1 Å². The Morgan fingerprint density at radius 3 is 2.47 bits per heavy atom. The summed E-state index contributed by atoms with van der Waals surface area (Å²) in [4.78, 5) is 24.1. The molecule has 1 aromatic heterocycles. The lowest BCUT2D eigenvalue weighted by atomic mass is 10.1. The summed E-state index contributed by atoms with van der Waals surface area (Å²) in [5.74, 6) is -0.494. The standard InChI is InChI=1S/C24H19FN2O5/c1-2-30-24(29)17(14-26)13-16-3-7-19(8-4-16)27-23(28)22-12-11-21(32-22)15-31-20-9-5-18(25)6-10-20/h3-13H,2,15H2,1H3,(H,27,28)/b17-13+. The summed E-state index contributed by atoms with van der Waals surface area (Å²) in [6.45, 7) is 1.92. The molecule has 0 aliphatic rings. The molecule has 0 saturated carbocycles. The van der Waals surface area contributed by atoms with Crippen LogP contribution >= 0.6 is 0 Å². The van der Waals surface area contributed by atoms with Crippen LogP contribution in [0.25, 0.3) is 6.08 Å². The highest BCUT2D eigenvalue weighted by molar-refractivity contribution is 6.02. The lowest BCUT2D eigenvalue weighted by molar-refractivity contribution is -0.137. The highest BCUT2D eigenvalue weighted by atomic mass is 19.1. The molecule has 162 valence electrons. The van der Waals surface area contributed by atoms with Crippen molar-refractivity contribution in [2.75, 3.05) is 11.9 Å². The first-order valence-electron chi connectivity index (χ1n) is 9.66. The van der Waals surface area contributed by atoms with Crippen molar-refractivity contribution in [2.24, 2.45) is 0 Å². The third-order valence-electron chi connectivity index (χ3n) is 4.18. The van der Waals surface area contributed by atoms with Crippen LogP contribution in [-0.2, 0) is 16.1 Å². The highest BCUT2D eigenvalue weighted by Gasteiger charge is 2.13. The van der Waals surface area contributed by atoms with E-state index in [0.717, 1.165) is 0 Å². The fraction of sp³-hybridized carbons (Fsp3) is 0.125. The zero-order chi connectivity index (χ0) is 22.9. The number of ether oxygens (including phenoxy) is 2. The number of carbonyl (C=O) groups excluding carboxylic acids is 2. The van der Waals surface area contributed by atoms with Gasteiger partial charge < -0.3 is 19.2 Å². The maximum atomic E-state index is 12.9. The Hall–Kier alpha value is -4.38. The van der Waals surface area contributed by atoms with E-state index in [2.05, 4.69) is 5.32 Å². The van der Waals surface area contributed by atoms with Crippen molar-refractivity contribution < 1.29 is 27.9 Å². The maximum absolute atomic E-state index is 12.9. The molecule has 3 aromatic rings. The van der Waals surface area contributed by atoms with Crippen molar-refractivity contribution in [3.8, 4) is 11.8 Å². The molecule has 0 atom stereocenters. The number of anilines is 1. The molecular weight excluding hydrogens is 415 g/mol. The van der Waals surface area contributed by atoms with Gasteiger partial charge in [-0.05, 0) is 67.1 Å². The number of nitrogens with zero attached hydrogens (tertiary/aromatic N) is 1. The van der Waals surface area contributed by atoms with E-state index in [-0.39, 0.29) is 30.4 Å². The second-order valence-electron chi connectivity index (χ2n) is 6.47. The highest BCUT2D eigenvalue weighted by Crippen LogP contribution is 2.17. The SMILES string of the molecule is CCOC(=O)/C(C#N)=C/c1ccc(NC(=O)c2ccc(COc3ccc(F)cc3)o2)cc1. The number of carbonyl (C=O) groups is 2. The van der Waals surface area contributed by atoms with Crippen LogP contribution in [0.3, 0.4) is 0 Å². The minimum atomic E-state index is -0.690. The Kier molecular flexibility index (Phi) is 7.38. The Bertz CT molecular complexity index is 1160. The number of nitriles is 1. The van der Waals surface area contributed by atoms with Gasteiger partial charge in [0.05, 0.1) is 6.61 Å². The number of hydrogen-bond acceptors (Lipinski definition) is 6. The number of furan rings is 1. The summed E-state index contributed by atoms with van der Waals surface area (Å²) < 4.78 is 28.7. The van der Waals surface area contributed by atoms with E-state index in [9.17, 15) is 14.0 Å². The smallest absolute Gasteiger partial charge is 0.348 e. The number of halogens is 1. The predicted molar refractivity (Wildman–Crippen MR) is 114 cm³/mol. The van der Waals surface area contributed by atoms with Crippen LogP contribution in [-0.4, -0.2) is 18.5 Å². The largest absolute Gasteiger partial charge is 0.486 e. The van der Waals surface area contributed by atoms with Crippen molar-refractivity contribution >= 4 is 23.6 Å². The number of hydrogen-bond donors (Lipinski definition) is 1. The summed E-state index contributed by atoms with van der Waals surface area (Å²) in [6.07, 6.45) is 1.41. The summed E-state index contributed by atoms with van der Waals surface area (Å²) in [6, 6.07) is 17.1. The fourth-order valence-electron chi connectivity index (χ4n) is 2.63. The van der Waals surface area contributed by atoms with Gasteiger partial charge in [0.15, 0.2) is 5.76 Å². The van der Waals surface area contributed by atoms with E-state index in [1.807, 2.05) is 0 Å². The predicted octanol–water partition coefficient (Wildman–Crippen LogP) is 4.72. The van der Waals surface area contributed by atoms with Crippen LogP contribution in [0.5, 0.6) is 5.75 Å². The molecule has 0 bridgehead atoms. The van der Waals surface area contributed by atoms with Gasteiger partial charge in [-0.3, -0.25) is 4.79 Å². The first-order valence-corrected chi connectivity index (χ1v) is 9.66. The zero-order valence-corrected chi connectivity index (χ0v) is 17.1. The van der Waals surface area contributed by atoms with Crippen molar-refractivity contribution in [3.63, 3.8) is 0 Å². The van der Waals surface area contributed by atoms with E-state index in [4.69, 9.17) is 19.2 Å². The van der Waals surface area contributed by atoms with Gasteiger partial charge in [0.2, 0.25) is 0 Å². The van der Waals surface area contributed by atoms with Gasteiger partial charge in [-0.25, -0.2) is 9.18 Å². The molecule has 0 spiro atoms. The quantitative estimate of drug-likeness (QED) is 0.313. The van der Waals surface area contributed by atoms with E-state index in [1.54, 1.807) is 43.3 Å². The van der Waals surface area contributed by atoms with E-state index >= 15 is 0 Å². The summed E-state index contributed by atoms with van der Waals surface area (Å²) in [5.41, 5.74) is 0.989. The van der Waals surface area contributed by atoms with Crippen LogP contribution < -0.4 is 10.1 Å². The monoisotopic (exact) mass is 434 g/mol. The maximum Gasteiger partial charge on any atom is 0.348 e. The molecule has 1 N–H and O–H groups in total. The van der Waals surface area contributed by atoms with Gasteiger partial charge in [-0.2, -0.15) is 5.26 Å². The number of esters is 1. The Morgan fingerprint density at radius 2 is 1.81 bits per heavy atom. The van der Waals surface area contributed by atoms with Crippen LogP contribution in [0.15, 0.2) is 70.7 Å². The van der Waals surface area contributed by atoms with Gasteiger partial charge in [0, 0.05) is 5.69 Å². The second kappa shape index (κ2) is 10.6. The molecule has 7 nitrogen and oxygen atoms in total. The van der Waals surface area contributed by atoms with Crippen molar-refractivity contribution in [1.82, 2.24) is 0 Å². The number of nitrogens with one attached hydrogen (secondary N) is 1. The molecule has 0 radical (unpaired) electrons. The molecule has 0 saturated heterocycles. The molecule has 1 amide bonds. The molecule has 0 aliphatic carbocycles. The lowest BCUT2D eigenvalue weighted by Crippen LogP contribution is -2.10. The summed E-state index contributed by atoms with van der Waals surface area (Å²) in [5, 5.41) is 11.8. The molecular formula is C24H19FN2O5. The minimum absolute atomic E-state index is 0.0850. The Morgan fingerprint density at radius 1 is 1.09 bits per heavy atom. The van der Waals surface area contributed by atoms with E-state index in [1.165, 1.54) is 36.4 Å². The average Bonchev–Trinajstić information content (AvgIpc) is 3.27. The van der Waals surface area contributed by atoms with E-state index in [0.29, 0.717) is 22.8 Å². The first-order chi connectivity index (χ1) is 15.5. The third-order valence-corrected chi connectivity index (χ3v) is 4.18.